The Morgan fingerprint density at radius 2 is 2.24 bits per heavy atom. The smallest absolute Gasteiger partial charge is 0.238 e. The molecule has 1 saturated heterocycles. The monoisotopic (exact) mass is 288 g/mol. The maximum absolute atomic E-state index is 12.3. The number of likely N-dealkylation sites (tertiary alicyclic amines) is 1. The van der Waals surface area contributed by atoms with Crippen LogP contribution in [0.4, 0.5) is 5.69 Å². The molecule has 114 valence electrons. The number of aldehydes is 1. The number of hydrogen-bond donors (Lipinski definition) is 1. The summed E-state index contributed by atoms with van der Waals surface area (Å²) in [6.45, 7) is 5.20. The molecular weight excluding hydrogens is 264 g/mol. The summed E-state index contributed by atoms with van der Waals surface area (Å²) in [4.78, 5) is 25.4. The largest absolute Gasteiger partial charge is 0.324 e. The van der Waals surface area contributed by atoms with Gasteiger partial charge in [0.1, 0.15) is 6.29 Å². The minimum Gasteiger partial charge on any atom is -0.324 e. The minimum absolute atomic E-state index is 0.0345. The van der Waals surface area contributed by atoms with E-state index in [2.05, 4.69) is 12.2 Å². The lowest BCUT2D eigenvalue weighted by Crippen LogP contribution is -2.44. The first kappa shape index (κ1) is 15.7. The first-order valence-electron chi connectivity index (χ1n) is 7.73. The van der Waals surface area contributed by atoms with Gasteiger partial charge in [-0.3, -0.25) is 9.69 Å². The standard InChI is InChI=1S/C17H24N2O2/c1-3-14-8-6-7-13(2)17(14)18-16(21)11-19-10-5-4-9-15(19)12-20/h6-8,12,15H,3-5,9-11H2,1-2H3,(H,18,21). The number of benzene rings is 1. The van der Waals surface area contributed by atoms with Crippen LogP contribution >= 0.6 is 0 Å². The van der Waals surface area contributed by atoms with Crippen molar-refractivity contribution in [3.05, 3.63) is 29.3 Å². The Morgan fingerprint density at radius 3 is 2.95 bits per heavy atom. The molecule has 1 aromatic carbocycles. The molecule has 0 aromatic heterocycles. The molecule has 1 atom stereocenters. The van der Waals surface area contributed by atoms with Crippen molar-refractivity contribution in [2.75, 3.05) is 18.4 Å². The molecule has 0 aliphatic carbocycles. The van der Waals surface area contributed by atoms with Gasteiger partial charge in [0, 0.05) is 5.69 Å². The highest BCUT2D eigenvalue weighted by Gasteiger charge is 2.23. The molecular formula is C17H24N2O2. The molecule has 1 aliphatic rings. The SMILES string of the molecule is CCc1cccc(C)c1NC(=O)CN1CCCCC1C=O. The van der Waals surface area contributed by atoms with E-state index >= 15 is 0 Å². The molecule has 1 aromatic rings. The van der Waals surface area contributed by atoms with Gasteiger partial charge in [-0.05, 0) is 43.9 Å². The third kappa shape index (κ3) is 3.91. The van der Waals surface area contributed by atoms with Crippen LogP contribution < -0.4 is 5.32 Å². The van der Waals surface area contributed by atoms with E-state index in [-0.39, 0.29) is 11.9 Å². The van der Waals surface area contributed by atoms with Crippen LogP contribution in [0.5, 0.6) is 0 Å². The van der Waals surface area contributed by atoms with Crippen molar-refractivity contribution in [2.24, 2.45) is 0 Å². The zero-order valence-electron chi connectivity index (χ0n) is 12.9. The first-order chi connectivity index (χ1) is 10.2. The van der Waals surface area contributed by atoms with Gasteiger partial charge in [-0.1, -0.05) is 31.5 Å². The predicted octanol–water partition coefficient (Wildman–Crippen LogP) is 2.55. The molecule has 4 nitrogen and oxygen atoms in total. The van der Waals surface area contributed by atoms with Crippen molar-refractivity contribution >= 4 is 17.9 Å². The molecule has 1 aliphatic heterocycles. The Bertz CT molecular complexity index is 514. The molecule has 4 heteroatoms. The molecule has 0 saturated carbocycles. The number of amides is 1. The summed E-state index contributed by atoms with van der Waals surface area (Å²) in [5.41, 5.74) is 3.15. The Labute approximate surface area is 126 Å². The van der Waals surface area contributed by atoms with E-state index in [9.17, 15) is 9.59 Å². The van der Waals surface area contributed by atoms with E-state index in [4.69, 9.17) is 0 Å². The summed E-state index contributed by atoms with van der Waals surface area (Å²) in [6, 6.07) is 5.95. The van der Waals surface area contributed by atoms with E-state index in [1.165, 1.54) is 0 Å². The van der Waals surface area contributed by atoms with Gasteiger partial charge in [-0.2, -0.15) is 0 Å². The van der Waals surface area contributed by atoms with Gasteiger partial charge in [-0.25, -0.2) is 0 Å². The zero-order valence-corrected chi connectivity index (χ0v) is 12.9. The van der Waals surface area contributed by atoms with Gasteiger partial charge in [0.2, 0.25) is 5.91 Å². The van der Waals surface area contributed by atoms with Crippen LogP contribution in [-0.2, 0) is 16.0 Å². The highest BCUT2D eigenvalue weighted by molar-refractivity contribution is 5.94. The Hall–Kier alpha value is -1.68. The quantitative estimate of drug-likeness (QED) is 0.847. The highest BCUT2D eigenvalue weighted by atomic mass is 16.2. The van der Waals surface area contributed by atoms with E-state index in [1.54, 1.807) is 0 Å². The van der Waals surface area contributed by atoms with E-state index in [0.717, 1.165) is 55.3 Å². The predicted molar refractivity (Wildman–Crippen MR) is 84.5 cm³/mol. The molecule has 0 radical (unpaired) electrons. The lowest BCUT2D eigenvalue weighted by atomic mass is 10.0. The van der Waals surface area contributed by atoms with Crippen molar-refractivity contribution in [1.82, 2.24) is 4.90 Å². The number of anilines is 1. The van der Waals surface area contributed by atoms with E-state index in [0.29, 0.717) is 6.54 Å². The van der Waals surface area contributed by atoms with Gasteiger partial charge >= 0.3 is 0 Å². The average molecular weight is 288 g/mol. The number of para-hydroxylation sites is 1. The summed E-state index contributed by atoms with van der Waals surface area (Å²) in [7, 11) is 0. The molecule has 1 heterocycles. The molecule has 2 rings (SSSR count). The maximum atomic E-state index is 12.3. The summed E-state index contributed by atoms with van der Waals surface area (Å²) in [5, 5.41) is 3.03. The second-order valence-electron chi connectivity index (χ2n) is 5.68. The summed E-state index contributed by atoms with van der Waals surface area (Å²) in [6.07, 6.45) is 4.85. The molecule has 21 heavy (non-hydrogen) atoms. The van der Waals surface area contributed by atoms with Crippen LogP contribution in [0.15, 0.2) is 18.2 Å². The maximum Gasteiger partial charge on any atom is 0.238 e. The topological polar surface area (TPSA) is 49.4 Å². The fourth-order valence-corrected chi connectivity index (χ4v) is 2.93. The minimum atomic E-state index is -0.105. The van der Waals surface area contributed by atoms with Crippen molar-refractivity contribution in [1.29, 1.82) is 0 Å². The van der Waals surface area contributed by atoms with Crippen molar-refractivity contribution in [2.45, 2.75) is 45.6 Å². The third-order valence-corrected chi connectivity index (χ3v) is 4.17. The number of nitrogens with one attached hydrogen (secondary N) is 1. The van der Waals surface area contributed by atoms with Crippen LogP contribution in [0.1, 0.15) is 37.3 Å². The van der Waals surface area contributed by atoms with E-state index < -0.39 is 0 Å². The number of rotatable bonds is 5. The highest BCUT2D eigenvalue weighted by Crippen LogP contribution is 2.21. The van der Waals surface area contributed by atoms with Gasteiger partial charge in [0.25, 0.3) is 0 Å². The van der Waals surface area contributed by atoms with Crippen molar-refractivity contribution < 1.29 is 9.59 Å². The normalized spacial score (nSPS) is 19.2. The van der Waals surface area contributed by atoms with E-state index in [1.807, 2.05) is 30.0 Å². The number of nitrogens with zero attached hydrogens (tertiary/aromatic N) is 1. The first-order valence-corrected chi connectivity index (χ1v) is 7.73. The second kappa shape index (κ2) is 7.36. The zero-order chi connectivity index (χ0) is 15.2. The summed E-state index contributed by atoms with van der Waals surface area (Å²) in [5.74, 6) is -0.0345. The van der Waals surface area contributed by atoms with Crippen LogP contribution in [0.25, 0.3) is 0 Å². The van der Waals surface area contributed by atoms with Crippen LogP contribution in [0.3, 0.4) is 0 Å². The molecule has 1 N–H and O–H groups in total. The van der Waals surface area contributed by atoms with Gasteiger partial charge in [0.15, 0.2) is 0 Å². The van der Waals surface area contributed by atoms with Crippen molar-refractivity contribution in [3.63, 3.8) is 0 Å². The van der Waals surface area contributed by atoms with Crippen LogP contribution in [0.2, 0.25) is 0 Å². The molecule has 1 fully saturated rings. The number of piperidine rings is 1. The average Bonchev–Trinajstić information content (AvgIpc) is 2.49. The molecule has 0 bridgehead atoms. The fraction of sp³-hybridized carbons (Fsp3) is 0.529. The van der Waals surface area contributed by atoms with Gasteiger partial charge in [0.05, 0.1) is 12.6 Å². The fourth-order valence-electron chi connectivity index (χ4n) is 2.93. The lowest BCUT2D eigenvalue weighted by Gasteiger charge is -2.31. The van der Waals surface area contributed by atoms with Gasteiger partial charge < -0.3 is 10.1 Å². The molecule has 0 spiro atoms. The second-order valence-corrected chi connectivity index (χ2v) is 5.68. The number of carbonyl (C=O) groups is 2. The third-order valence-electron chi connectivity index (χ3n) is 4.17. The molecule has 1 unspecified atom stereocenters. The number of hydrogen-bond acceptors (Lipinski definition) is 3. The molecule has 1 amide bonds. The summed E-state index contributed by atoms with van der Waals surface area (Å²) < 4.78 is 0. The Kier molecular flexibility index (Phi) is 5.51. The lowest BCUT2D eigenvalue weighted by molar-refractivity contribution is -0.120. The van der Waals surface area contributed by atoms with Crippen LogP contribution in [0, 0.1) is 6.92 Å². The number of aryl methyl sites for hydroxylation is 2. The number of carbonyl (C=O) groups excluding carboxylic acids is 2. The van der Waals surface area contributed by atoms with Crippen LogP contribution in [-0.4, -0.2) is 36.2 Å². The summed E-state index contributed by atoms with van der Waals surface area (Å²) >= 11 is 0. The Balaban J connectivity index is 2.03. The Morgan fingerprint density at radius 1 is 1.43 bits per heavy atom. The van der Waals surface area contributed by atoms with Gasteiger partial charge in [-0.15, -0.1) is 0 Å². The van der Waals surface area contributed by atoms with Crippen molar-refractivity contribution in [3.8, 4) is 0 Å².